The van der Waals surface area contributed by atoms with Crippen LogP contribution in [-0.4, -0.2) is 26.6 Å². The fourth-order valence-electron chi connectivity index (χ4n) is 3.44. The zero-order valence-corrected chi connectivity index (χ0v) is 14.3. The van der Waals surface area contributed by atoms with Crippen LogP contribution in [0.4, 0.5) is 0 Å². The van der Waals surface area contributed by atoms with Crippen molar-refractivity contribution >= 4 is 33.5 Å². The third kappa shape index (κ3) is 2.72. The van der Waals surface area contributed by atoms with Crippen LogP contribution in [0.1, 0.15) is 21.6 Å². The predicted octanol–water partition coefficient (Wildman–Crippen LogP) is 3.26. The van der Waals surface area contributed by atoms with Gasteiger partial charge in [0.15, 0.2) is 0 Å². The number of amidine groups is 1. The molecule has 1 heterocycles. The number of hydrogen-bond donors (Lipinski definition) is 4. The van der Waals surface area contributed by atoms with Crippen molar-refractivity contribution in [2.45, 2.75) is 6.61 Å². The number of carboxylic acids is 1. The summed E-state index contributed by atoms with van der Waals surface area (Å²) in [7, 11) is 0. The molecular formula is C21H17N3O3. The summed E-state index contributed by atoms with van der Waals surface area (Å²) in [6.45, 7) is -0.158. The zero-order chi connectivity index (χ0) is 19.1. The summed E-state index contributed by atoms with van der Waals surface area (Å²) in [5.74, 6) is -1.15. The van der Waals surface area contributed by atoms with Crippen molar-refractivity contribution in [3.05, 3.63) is 77.5 Å². The fourth-order valence-corrected chi connectivity index (χ4v) is 3.44. The van der Waals surface area contributed by atoms with Crippen LogP contribution >= 0.6 is 0 Å². The number of carboxylic acid groups (broad SMARTS) is 1. The number of nitrogens with zero attached hydrogens (tertiary/aromatic N) is 1. The second-order valence-corrected chi connectivity index (χ2v) is 6.34. The van der Waals surface area contributed by atoms with Crippen molar-refractivity contribution in [2.75, 3.05) is 0 Å². The van der Waals surface area contributed by atoms with Crippen molar-refractivity contribution in [2.24, 2.45) is 5.73 Å². The van der Waals surface area contributed by atoms with Gasteiger partial charge >= 0.3 is 5.97 Å². The molecule has 0 unspecified atom stereocenters. The number of nitrogen functional groups attached to an aromatic ring is 1. The van der Waals surface area contributed by atoms with Crippen LogP contribution in [0.3, 0.4) is 0 Å². The minimum atomic E-state index is -1.06. The van der Waals surface area contributed by atoms with Crippen LogP contribution in [-0.2, 0) is 6.61 Å². The normalized spacial score (nSPS) is 11.1. The van der Waals surface area contributed by atoms with E-state index in [1.807, 2.05) is 30.3 Å². The number of aromatic carboxylic acids is 1. The average Bonchev–Trinajstić information content (AvgIpc) is 3.06. The maximum atomic E-state index is 11.9. The standard InChI is InChI=1S/C21H17N3O3/c22-20(23)14-6-5-13-9-19(21(26)27)24(18(13)10-14)16-7-12-3-1-2-4-17(12)15(8-16)11-25/h1-10,25H,11H2,(H3,22,23)(H,26,27). The molecule has 27 heavy (non-hydrogen) atoms. The Bertz CT molecular complexity index is 1220. The summed E-state index contributed by atoms with van der Waals surface area (Å²) in [4.78, 5) is 11.9. The highest BCUT2D eigenvalue weighted by molar-refractivity contribution is 6.02. The van der Waals surface area contributed by atoms with E-state index >= 15 is 0 Å². The molecule has 0 bridgehead atoms. The molecular weight excluding hydrogens is 342 g/mol. The Kier molecular flexibility index (Phi) is 3.90. The molecule has 0 aliphatic carbocycles. The third-order valence-corrected chi connectivity index (χ3v) is 4.70. The summed E-state index contributed by atoms with van der Waals surface area (Å²) < 4.78 is 1.62. The molecule has 5 N–H and O–H groups in total. The Morgan fingerprint density at radius 1 is 1.04 bits per heavy atom. The first-order valence-corrected chi connectivity index (χ1v) is 8.35. The number of aliphatic hydroxyl groups is 1. The molecule has 0 amide bonds. The highest BCUT2D eigenvalue weighted by Crippen LogP contribution is 2.29. The predicted molar refractivity (Wildman–Crippen MR) is 105 cm³/mol. The maximum Gasteiger partial charge on any atom is 0.352 e. The van der Waals surface area contributed by atoms with Gasteiger partial charge in [0.2, 0.25) is 0 Å². The molecule has 0 fully saturated rings. The van der Waals surface area contributed by atoms with Gasteiger partial charge in [-0.2, -0.15) is 0 Å². The minimum absolute atomic E-state index is 0.0870. The first-order valence-electron chi connectivity index (χ1n) is 8.35. The smallest absolute Gasteiger partial charge is 0.352 e. The highest BCUT2D eigenvalue weighted by Gasteiger charge is 2.18. The van der Waals surface area contributed by atoms with Crippen LogP contribution in [0.2, 0.25) is 0 Å². The first kappa shape index (κ1) is 16.8. The van der Waals surface area contributed by atoms with Gasteiger partial charge in [0.05, 0.1) is 12.1 Å². The molecule has 1 aromatic heterocycles. The molecule has 0 saturated carbocycles. The van der Waals surface area contributed by atoms with Gasteiger partial charge in [-0.3, -0.25) is 5.41 Å². The Labute approximate surface area is 154 Å². The van der Waals surface area contributed by atoms with Gasteiger partial charge in [0, 0.05) is 16.6 Å². The molecule has 0 aliphatic heterocycles. The maximum absolute atomic E-state index is 11.9. The molecule has 4 rings (SSSR count). The van der Waals surface area contributed by atoms with Crippen molar-refractivity contribution in [3.63, 3.8) is 0 Å². The van der Waals surface area contributed by atoms with E-state index in [0.29, 0.717) is 22.3 Å². The van der Waals surface area contributed by atoms with Gasteiger partial charge in [-0.15, -0.1) is 0 Å². The summed E-state index contributed by atoms with van der Waals surface area (Å²) >= 11 is 0. The van der Waals surface area contributed by atoms with E-state index < -0.39 is 5.97 Å². The van der Waals surface area contributed by atoms with E-state index in [0.717, 1.165) is 16.2 Å². The molecule has 6 heteroatoms. The van der Waals surface area contributed by atoms with Crippen LogP contribution in [0.15, 0.2) is 60.7 Å². The number of nitrogens with two attached hydrogens (primary N) is 1. The fraction of sp³-hybridized carbons (Fsp3) is 0.0476. The molecule has 0 aliphatic rings. The van der Waals surface area contributed by atoms with Gasteiger partial charge in [0.25, 0.3) is 0 Å². The Morgan fingerprint density at radius 2 is 1.81 bits per heavy atom. The zero-order valence-electron chi connectivity index (χ0n) is 14.3. The third-order valence-electron chi connectivity index (χ3n) is 4.70. The van der Waals surface area contributed by atoms with Crippen molar-refractivity contribution < 1.29 is 15.0 Å². The number of carbonyl (C=O) groups is 1. The number of benzene rings is 3. The first-order chi connectivity index (χ1) is 13.0. The number of aromatic nitrogens is 1. The molecule has 0 atom stereocenters. The van der Waals surface area contributed by atoms with Gasteiger partial charge in [-0.1, -0.05) is 36.4 Å². The summed E-state index contributed by atoms with van der Waals surface area (Å²) in [6.07, 6.45) is 0. The average molecular weight is 359 g/mol. The van der Waals surface area contributed by atoms with Gasteiger partial charge in [0.1, 0.15) is 11.5 Å². The molecule has 3 aromatic carbocycles. The van der Waals surface area contributed by atoms with Crippen LogP contribution in [0.25, 0.3) is 27.4 Å². The van der Waals surface area contributed by atoms with Crippen LogP contribution in [0, 0.1) is 5.41 Å². The highest BCUT2D eigenvalue weighted by atomic mass is 16.4. The lowest BCUT2D eigenvalue weighted by Crippen LogP contribution is -2.11. The summed E-state index contributed by atoms with van der Waals surface area (Å²) in [6, 6.07) is 18.1. The summed E-state index contributed by atoms with van der Waals surface area (Å²) in [5.41, 5.74) is 8.20. The van der Waals surface area contributed by atoms with E-state index in [2.05, 4.69) is 0 Å². The lowest BCUT2D eigenvalue weighted by Gasteiger charge is -2.13. The Morgan fingerprint density at radius 3 is 2.52 bits per heavy atom. The van der Waals surface area contributed by atoms with E-state index in [1.54, 1.807) is 34.9 Å². The number of nitrogens with one attached hydrogen (secondary N) is 1. The van der Waals surface area contributed by atoms with E-state index in [9.17, 15) is 15.0 Å². The largest absolute Gasteiger partial charge is 0.477 e. The lowest BCUT2D eigenvalue weighted by atomic mass is 10.0. The molecule has 0 saturated heterocycles. The van der Waals surface area contributed by atoms with Crippen molar-refractivity contribution in [1.29, 1.82) is 5.41 Å². The second-order valence-electron chi connectivity index (χ2n) is 6.34. The Hall–Kier alpha value is -3.64. The molecule has 4 aromatic rings. The molecule has 6 nitrogen and oxygen atoms in total. The number of aliphatic hydroxyl groups excluding tert-OH is 1. The molecule has 0 radical (unpaired) electrons. The monoisotopic (exact) mass is 359 g/mol. The van der Waals surface area contributed by atoms with Crippen molar-refractivity contribution in [3.8, 4) is 5.69 Å². The number of fused-ring (bicyclic) bond motifs is 2. The quantitative estimate of drug-likeness (QED) is 0.331. The van der Waals surface area contributed by atoms with Crippen LogP contribution in [0.5, 0.6) is 0 Å². The SMILES string of the molecule is N=C(N)c1ccc2cc(C(=O)O)n(-c3cc(CO)c4ccccc4c3)c2c1. The van der Waals surface area contributed by atoms with Gasteiger partial charge in [-0.25, -0.2) is 4.79 Å². The van der Waals surface area contributed by atoms with E-state index in [4.69, 9.17) is 11.1 Å². The van der Waals surface area contributed by atoms with E-state index in [-0.39, 0.29) is 18.1 Å². The topological polar surface area (TPSA) is 112 Å². The van der Waals surface area contributed by atoms with Gasteiger partial charge in [-0.05, 0) is 40.6 Å². The van der Waals surface area contributed by atoms with Crippen LogP contribution < -0.4 is 5.73 Å². The minimum Gasteiger partial charge on any atom is -0.477 e. The summed E-state index contributed by atoms with van der Waals surface area (Å²) in [5, 5.41) is 29.7. The lowest BCUT2D eigenvalue weighted by molar-refractivity contribution is 0.0688. The molecule has 0 spiro atoms. The van der Waals surface area contributed by atoms with Gasteiger partial charge < -0.3 is 20.5 Å². The van der Waals surface area contributed by atoms with E-state index in [1.165, 1.54) is 0 Å². The number of hydrogen-bond acceptors (Lipinski definition) is 3. The Balaban J connectivity index is 2.09. The second kappa shape index (κ2) is 6.26. The number of rotatable bonds is 4. The molecule has 134 valence electrons. The van der Waals surface area contributed by atoms with Crippen molar-refractivity contribution in [1.82, 2.24) is 4.57 Å².